The largest absolute Gasteiger partial charge is 0.435 e. The number of benzene rings is 1. The molecule has 1 aromatic heterocycles. The molecular formula is C22H24F3N5O2S. The molecule has 0 saturated heterocycles. The molecule has 0 spiro atoms. The maximum atomic E-state index is 13.3. The fourth-order valence-corrected chi connectivity index (χ4v) is 3.91. The Labute approximate surface area is 193 Å². The van der Waals surface area contributed by atoms with Crippen molar-refractivity contribution < 1.29 is 23.1 Å². The molecule has 0 unspecified atom stereocenters. The van der Waals surface area contributed by atoms with Gasteiger partial charge in [0, 0.05) is 29.4 Å². The average Bonchev–Trinajstić information content (AvgIpc) is 3.20. The van der Waals surface area contributed by atoms with E-state index in [-0.39, 0.29) is 19.0 Å². The van der Waals surface area contributed by atoms with Gasteiger partial charge in [0.15, 0.2) is 5.71 Å². The molecule has 2 aromatic rings. The van der Waals surface area contributed by atoms with Crippen LogP contribution in [-0.4, -0.2) is 45.3 Å². The summed E-state index contributed by atoms with van der Waals surface area (Å²) in [5.74, 6) is 0.650. The molecule has 1 aliphatic heterocycles. The number of pyridine rings is 1. The van der Waals surface area contributed by atoms with Gasteiger partial charge in [-0.05, 0) is 35.1 Å². The van der Waals surface area contributed by atoms with Crippen molar-refractivity contribution in [3.05, 3.63) is 70.7 Å². The van der Waals surface area contributed by atoms with E-state index in [1.54, 1.807) is 17.8 Å². The first-order valence-corrected chi connectivity index (χ1v) is 11.1. The van der Waals surface area contributed by atoms with E-state index in [4.69, 9.17) is 10.8 Å². The van der Waals surface area contributed by atoms with Gasteiger partial charge in [-0.25, -0.2) is 0 Å². The predicted molar refractivity (Wildman–Crippen MR) is 120 cm³/mol. The number of aliphatic hydroxyl groups is 1. The minimum atomic E-state index is -4.78. The van der Waals surface area contributed by atoms with E-state index in [1.807, 2.05) is 24.3 Å². The van der Waals surface area contributed by atoms with Gasteiger partial charge in [-0.15, -0.1) is 11.8 Å². The van der Waals surface area contributed by atoms with Gasteiger partial charge in [0.1, 0.15) is 0 Å². The molecule has 4 N–H and O–H groups in total. The van der Waals surface area contributed by atoms with Crippen molar-refractivity contribution in [2.24, 2.45) is 10.8 Å². The molecule has 0 saturated carbocycles. The van der Waals surface area contributed by atoms with Crippen LogP contribution in [-0.2, 0) is 19.6 Å². The summed E-state index contributed by atoms with van der Waals surface area (Å²) in [4.78, 5) is 17.9. The zero-order valence-corrected chi connectivity index (χ0v) is 18.7. The van der Waals surface area contributed by atoms with Gasteiger partial charge in [0.05, 0.1) is 31.0 Å². The van der Waals surface area contributed by atoms with Crippen LogP contribution < -0.4 is 11.1 Å². The monoisotopic (exact) mass is 479 g/mol. The zero-order valence-electron chi connectivity index (χ0n) is 17.9. The van der Waals surface area contributed by atoms with Crippen LogP contribution in [0.3, 0.4) is 0 Å². The number of aromatic nitrogens is 1. The van der Waals surface area contributed by atoms with Crippen molar-refractivity contribution in [2.75, 3.05) is 12.4 Å². The summed E-state index contributed by atoms with van der Waals surface area (Å²) in [5, 5.41) is 16.8. The third-order valence-electron chi connectivity index (χ3n) is 4.88. The number of nitrogens with two attached hydrogens (primary N) is 1. The van der Waals surface area contributed by atoms with Crippen molar-refractivity contribution in [1.82, 2.24) is 15.3 Å². The average molecular weight is 480 g/mol. The number of hydrogen-bond acceptors (Lipinski definition) is 7. The fraction of sp³-hybridized carbons (Fsp3) is 0.318. The molecule has 1 aromatic carbocycles. The summed E-state index contributed by atoms with van der Waals surface area (Å²) >= 11 is 1.73. The van der Waals surface area contributed by atoms with E-state index in [9.17, 15) is 18.0 Å². The van der Waals surface area contributed by atoms with Crippen LogP contribution in [0.5, 0.6) is 0 Å². The second kappa shape index (κ2) is 10.7. The number of hydrazone groups is 1. The number of hydrogen-bond donors (Lipinski definition) is 3. The smallest absolute Gasteiger partial charge is 0.404 e. The molecule has 0 bridgehead atoms. The SMILES string of the molecule is CCSc1ccc(CNC(=O)c2cnc3c(c2)CN(N=C(C(=CN)CO)C(F)(F)F)C3)cc1. The molecule has 7 nitrogen and oxygen atoms in total. The Morgan fingerprint density at radius 2 is 2.06 bits per heavy atom. The highest BCUT2D eigenvalue weighted by atomic mass is 32.2. The Morgan fingerprint density at radius 3 is 2.67 bits per heavy atom. The van der Waals surface area contributed by atoms with Gasteiger partial charge in [0.2, 0.25) is 0 Å². The van der Waals surface area contributed by atoms with Gasteiger partial charge in [-0.2, -0.15) is 18.3 Å². The Morgan fingerprint density at radius 1 is 1.33 bits per heavy atom. The van der Waals surface area contributed by atoms with Crippen LogP contribution in [0.4, 0.5) is 13.2 Å². The number of thioether (sulfide) groups is 1. The van der Waals surface area contributed by atoms with Crippen LogP contribution in [0.1, 0.15) is 34.1 Å². The van der Waals surface area contributed by atoms with E-state index in [1.165, 1.54) is 11.2 Å². The van der Waals surface area contributed by atoms with Crippen LogP contribution in [0.25, 0.3) is 0 Å². The lowest BCUT2D eigenvalue weighted by molar-refractivity contribution is -0.0602. The fourth-order valence-electron chi connectivity index (χ4n) is 3.24. The minimum Gasteiger partial charge on any atom is -0.404 e. The lowest BCUT2D eigenvalue weighted by Crippen LogP contribution is -2.30. The number of rotatable bonds is 8. The Hall–Kier alpha value is -3.05. The van der Waals surface area contributed by atoms with Crippen molar-refractivity contribution >= 4 is 23.4 Å². The van der Waals surface area contributed by atoms with Crippen LogP contribution in [0.2, 0.25) is 0 Å². The molecule has 2 heterocycles. The number of nitrogens with one attached hydrogen (secondary N) is 1. The van der Waals surface area contributed by atoms with Crippen LogP contribution >= 0.6 is 11.8 Å². The van der Waals surface area contributed by atoms with Gasteiger partial charge in [0.25, 0.3) is 5.91 Å². The number of amides is 1. The summed E-state index contributed by atoms with van der Waals surface area (Å²) in [5.41, 5.74) is 5.82. The lowest BCUT2D eigenvalue weighted by Gasteiger charge is -2.17. The maximum Gasteiger partial charge on any atom is 0.435 e. The van der Waals surface area contributed by atoms with Crippen LogP contribution in [0, 0.1) is 0 Å². The van der Waals surface area contributed by atoms with Crippen LogP contribution in [0.15, 0.2) is 58.3 Å². The van der Waals surface area contributed by atoms with Gasteiger partial charge >= 0.3 is 6.18 Å². The van der Waals surface area contributed by atoms with Crippen molar-refractivity contribution in [3.8, 4) is 0 Å². The first-order chi connectivity index (χ1) is 15.7. The first kappa shape index (κ1) is 24.6. The molecule has 0 atom stereocenters. The number of carbonyl (C=O) groups excluding carboxylic acids is 1. The first-order valence-electron chi connectivity index (χ1n) is 10.2. The molecule has 0 radical (unpaired) electrons. The molecule has 33 heavy (non-hydrogen) atoms. The standard InChI is InChI=1S/C22H24F3N5O2S/c1-2-33-18-5-3-14(4-6-18)9-28-21(32)15-7-16-11-30(12-19(16)27-10-15)29-20(22(23,24)25)17(8-26)13-31/h3-8,10,31H,2,9,11-13,26H2,1H3,(H,28,32). The van der Waals surface area contributed by atoms with Gasteiger partial charge in [-0.1, -0.05) is 19.1 Å². The highest BCUT2D eigenvalue weighted by molar-refractivity contribution is 7.99. The van der Waals surface area contributed by atoms with Crippen molar-refractivity contribution in [2.45, 2.75) is 37.6 Å². The molecule has 0 aliphatic carbocycles. The third kappa shape index (κ3) is 6.26. The number of aliphatic hydroxyl groups excluding tert-OH is 1. The predicted octanol–water partition coefficient (Wildman–Crippen LogP) is 3.19. The lowest BCUT2D eigenvalue weighted by atomic mass is 10.1. The van der Waals surface area contributed by atoms with Crippen molar-refractivity contribution in [1.29, 1.82) is 0 Å². The summed E-state index contributed by atoms with van der Waals surface area (Å²) in [6.45, 7) is 1.62. The normalized spacial score (nSPS) is 14.4. The molecule has 3 rings (SSSR count). The number of halogens is 3. The van der Waals surface area contributed by atoms with E-state index in [0.29, 0.717) is 29.6 Å². The minimum absolute atomic E-state index is 0.0439. The quantitative estimate of drug-likeness (QED) is 0.397. The number of carbonyl (C=O) groups is 1. The second-order valence-corrected chi connectivity index (χ2v) is 8.55. The van der Waals surface area contributed by atoms with E-state index < -0.39 is 24.1 Å². The molecular weight excluding hydrogens is 455 g/mol. The number of alkyl halides is 3. The van der Waals surface area contributed by atoms with Gasteiger partial charge in [-0.3, -0.25) is 14.8 Å². The van der Waals surface area contributed by atoms with Crippen molar-refractivity contribution in [3.63, 3.8) is 0 Å². The molecule has 11 heteroatoms. The summed E-state index contributed by atoms with van der Waals surface area (Å²) in [6, 6.07) is 9.50. The maximum absolute atomic E-state index is 13.3. The third-order valence-corrected chi connectivity index (χ3v) is 5.77. The molecule has 176 valence electrons. The Balaban J connectivity index is 1.67. The highest BCUT2D eigenvalue weighted by Crippen LogP contribution is 2.27. The topological polar surface area (TPSA) is 104 Å². The number of fused-ring (bicyclic) bond motifs is 1. The zero-order chi connectivity index (χ0) is 24.0. The van der Waals surface area contributed by atoms with E-state index in [0.717, 1.165) is 16.2 Å². The van der Waals surface area contributed by atoms with Gasteiger partial charge < -0.3 is 16.2 Å². The van der Waals surface area contributed by atoms with E-state index >= 15 is 0 Å². The summed E-state index contributed by atoms with van der Waals surface area (Å²) in [6.07, 6.45) is -2.70. The number of nitrogens with zero attached hydrogens (tertiary/aromatic N) is 3. The van der Waals surface area contributed by atoms with E-state index in [2.05, 4.69) is 22.3 Å². The molecule has 0 fully saturated rings. The second-order valence-electron chi connectivity index (χ2n) is 7.21. The Kier molecular flexibility index (Phi) is 7.98. The Bertz CT molecular complexity index is 1050. The summed E-state index contributed by atoms with van der Waals surface area (Å²) < 4.78 is 40.0. The molecule has 1 aliphatic rings. The highest BCUT2D eigenvalue weighted by Gasteiger charge is 2.39. The molecule has 1 amide bonds. The summed E-state index contributed by atoms with van der Waals surface area (Å²) in [7, 11) is 0.